The van der Waals surface area contributed by atoms with Crippen molar-refractivity contribution in [1.29, 1.82) is 0 Å². The topological polar surface area (TPSA) is 143 Å². The first-order valence-corrected chi connectivity index (χ1v) is 7.48. The number of hydrazone groups is 1. The molecule has 2 aromatic rings. The molecule has 10 nitrogen and oxygen atoms in total. The van der Waals surface area contributed by atoms with Gasteiger partial charge in [0.05, 0.1) is 17.7 Å². The van der Waals surface area contributed by atoms with E-state index in [4.69, 9.17) is 4.74 Å². The summed E-state index contributed by atoms with van der Waals surface area (Å²) in [5.74, 6) is -0.407. The SMILES string of the molecule is CCOc1cc(/C=N\Nc2nc(CC)cc(=O)[nH]2)cc([N+](=O)[O-])c1O. The Labute approximate surface area is 142 Å². The number of benzene rings is 1. The highest BCUT2D eigenvalue weighted by Gasteiger charge is 2.19. The van der Waals surface area contributed by atoms with Crippen LogP contribution in [0.3, 0.4) is 0 Å². The number of anilines is 1. The summed E-state index contributed by atoms with van der Waals surface area (Å²) >= 11 is 0. The quantitative estimate of drug-likeness (QED) is 0.393. The average molecular weight is 347 g/mol. The molecule has 3 N–H and O–H groups in total. The summed E-state index contributed by atoms with van der Waals surface area (Å²) in [5, 5.41) is 24.7. The molecule has 0 fully saturated rings. The lowest BCUT2D eigenvalue weighted by Crippen LogP contribution is -2.11. The normalized spacial score (nSPS) is 10.8. The number of hydrogen-bond acceptors (Lipinski definition) is 8. The molecule has 10 heteroatoms. The highest BCUT2D eigenvalue weighted by atomic mass is 16.6. The number of hydrogen-bond donors (Lipinski definition) is 3. The van der Waals surface area contributed by atoms with Crippen molar-refractivity contribution in [2.75, 3.05) is 12.0 Å². The summed E-state index contributed by atoms with van der Waals surface area (Å²) in [4.78, 5) is 28.4. The van der Waals surface area contributed by atoms with Crippen LogP contribution >= 0.6 is 0 Å². The number of nitro groups is 1. The standard InChI is InChI=1S/C15H17N5O5/c1-3-10-7-13(21)18-15(17-10)19-16-8-9-5-11(20(23)24)14(22)12(6-9)25-4-2/h5-8,22H,3-4H2,1-2H3,(H2,17,18,19,21)/b16-8-. The minimum atomic E-state index is -0.716. The smallest absolute Gasteiger partial charge is 0.315 e. The Morgan fingerprint density at radius 3 is 2.84 bits per heavy atom. The molecule has 2 rings (SSSR count). The zero-order valence-electron chi connectivity index (χ0n) is 13.6. The largest absolute Gasteiger partial charge is 0.500 e. The van der Waals surface area contributed by atoms with Crippen LogP contribution in [0.25, 0.3) is 0 Å². The van der Waals surface area contributed by atoms with Crippen LogP contribution in [-0.4, -0.2) is 32.8 Å². The fraction of sp³-hybridized carbons (Fsp3) is 0.267. The van der Waals surface area contributed by atoms with Gasteiger partial charge in [0.1, 0.15) is 0 Å². The van der Waals surface area contributed by atoms with E-state index in [1.165, 1.54) is 18.3 Å². The highest BCUT2D eigenvalue weighted by molar-refractivity contribution is 5.83. The number of nitrogens with one attached hydrogen (secondary N) is 2. The molecule has 1 aromatic heterocycles. The summed E-state index contributed by atoms with van der Waals surface area (Å²) in [5.41, 5.74) is 2.67. The van der Waals surface area contributed by atoms with Crippen molar-refractivity contribution in [1.82, 2.24) is 9.97 Å². The van der Waals surface area contributed by atoms with Gasteiger partial charge in [-0.25, -0.2) is 10.4 Å². The lowest BCUT2D eigenvalue weighted by molar-refractivity contribution is -0.386. The predicted molar refractivity (Wildman–Crippen MR) is 91.4 cm³/mol. The van der Waals surface area contributed by atoms with Gasteiger partial charge < -0.3 is 9.84 Å². The van der Waals surface area contributed by atoms with Crippen molar-refractivity contribution in [3.05, 3.63) is 49.9 Å². The van der Waals surface area contributed by atoms with Gasteiger partial charge in [0.2, 0.25) is 11.7 Å². The number of phenolic OH excluding ortho intramolecular Hbond substituents is 1. The Balaban J connectivity index is 2.27. The second-order valence-corrected chi connectivity index (χ2v) is 4.89. The number of rotatable bonds is 7. The van der Waals surface area contributed by atoms with E-state index < -0.39 is 16.4 Å². The first-order chi connectivity index (χ1) is 11.9. The second-order valence-electron chi connectivity index (χ2n) is 4.89. The molecule has 25 heavy (non-hydrogen) atoms. The molecular formula is C15H17N5O5. The third-order valence-corrected chi connectivity index (χ3v) is 3.11. The van der Waals surface area contributed by atoms with Gasteiger partial charge in [-0.05, 0) is 19.4 Å². The van der Waals surface area contributed by atoms with E-state index in [1.807, 2.05) is 6.92 Å². The van der Waals surface area contributed by atoms with Crippen molar-refractivity contribution in [3.63, 3.8) is 0 Å². The maximum atomic E-state index is 11.5. The molecule has 0 unspecified atom stereocenters. The molecule has 0 amide bonds. The maximum Gasteiger partial charge on any atom is 0.315 e. The van der Waals surface area contributed by atoms with E-state index >= 15 is 0 Å². The van der Waals surface area contributed by atoms with Crippen LogP contribution in [0.15, 0.2) is 28.1 Å². The number of phenols is 1. The van der Waals surface area contributed by atoms with Gasteiger partial charge in [-0.1, -0.05) is 6.92 Å². The third-order valence-electron chi connectivity index (χ3n) is 3.11. The summed E-state index contributed by atoms with van der Waals surface area (Å²) in [7, 11) is 0. The van der Waals surface area contributed by atoms with Crippen LogP contribution in [0.2, 0.25) is 0 Å². The zero-order valence-corrected chi connectivity index (χ0v) is 13.6. The predicted octanol–water partition coefficient (Wildman–Crippen LogP) is 1.79. The Morgan fingerprint density at radius 2 is 2.20 bits per heavy atom. The van der Waals surface area contributed by atoms with Crippen molar-refractivity contribution in [2.24, 2.45) is 5.10 Å². The summed E-state index contributed by atoms with van der Waals surface area (Å²) < 4.78 is 5.18. The number of aromatic nitrogens is 2. The van der Waals surface area contributed by atoms with Gasteiger partial charge >= 0.3 is 5.69 Å². The Kier molecular flexibility index (Phi) is 5.66. The minimum absolute atomic E-state index is 0.0161. The van der Waals surface area contributed by atoms with Gasteiger partial charge in [0.15, 0.2) is 5.75 Å². The molecule has 0 saturated carbocycles. The molecule has 0 aliphatic heterocycles. The molecule has 0 bridgehead atoms. The number of ether oxygens (including phenoxy) is 1. The first kappa shape index (κ1) is 17.9. The molecule has 1 aromatic carbocycles. The monoisotopic (exact) mass is 347 g/mol. The Hall–Kier alpha value is -3.43. The molecule has 0 radical (unpaired) electrons. The average Bonchev–Trinajstić information content (AvgIpc) is 2.56. The van der Waals surface area contributed by atoms with Crippen LogP contribution in [0.5, 0.6) is 11.5 Å². The number of H-pyrrole nitrogens is 1. The molecule has 132 valence electrons. The lowest BCUT2D eigenvalue weighted by Gasteiger charge is -2.07. The number of aromatic hydroxyl groups is 1. The molecular weight excluding hydrogens is 330 g/mol. The Morgan fingerprint density at radius 1 is 1.44 bits per heavy atom. The highest BCUT2D eigenvalue weighted by Crippen LogP contribution is 2.36. The van der Waals surface area contributed by atoms with E-state index in [0.717, 1.165) is 6.07 Å². The number of nitro benzene ring substituents is 1. The Bertz CT molecular complexity index is 862. The second kappa shape index (κ2) is 7.90. The maximum absolute atomic E-state index is 11.5. The molecule has 0 atom stereocenters. The van der Waals surface area contributed by atoms with Gasteiger partial charge in [-0.15, -0.1) is 0 Å². The van der Waals surface area contributed by atoms with Crippen molar-refractivity contribution in [2.45, 2.75) is 20.3 Å². The van der Waals surface area contributed by atoms with Crippen LogP contribution in [0, 0.1) is 10.1 Å². The summed E-state index contributed by atoms with van der Waals surface area (Å²) in [6.45, 7) is 3.79. The third kappa shape index (κ3) is 4.53. The fourth-order valence-electron chi connectivity index (χ4n) is 2.00. The van der Waals surface area contributed by atoms with E-state index in [-0.39, 0.29) is 23.9 Å². The molecule has 0 saturated heterocycles. The van der Waals surface area contributed by atoms with Crippen LogP contribution in [0.4, 0.5) is 11.6 Å². The number of nitrogens with zero attached hydrogens (tertiary/aromatic N) is 3. The van der Waals surface area contributed by atoms with E-state index in [1.54, 1.807) is 6.92 Å². The first-order valence-electron chi connectivity index (χ1n) is 7.48. The molecule has 1 heterocycles. The van der Waals surface area contributed by atoms with Crippen molar-refractivity contribution < 1.29 is 14.8 Å². The lowest BCUT2D eigenvalue weighted by atomic mass is 10.2. The summed E-state index contributed by atoms with van der Waals surface area (Å²) in [6.07, 6.45) is 1.87. The van der Waals surface area contributed by atoms with Gasteiger partial charge in [0, 0.05) is 23.4 Å². The van der Waals surface area contributed by atoms with E-state index in [0.29, 0.717) is 17.7 Å². The number of aryl methyl sites for hydroxylation is 1. The fourth-order valence-corrected chi connectivity index (χ4v) is 2.00. The van der Waals surface area contributed by atoms with E-state index in [9.17, 15) is 20.0 Å². The van der Waals surface area contributed by atoms with Gasteiger partial charge in [-0.2, -0.15) is 5.10 Å². The molecule has 0 aliphatic carbocycles. The molecule has 0 spiro atoms. The van der Waals surface area contributed by atoms with Gasteiger partial charge in [-0.3, -0.25) is 19.9 Å². The van der Waals surface area contributed by atoms with Crippen LogP contribution in [-0.2, 0) is 6.42 Å². The van der Waals surface area contributed by atoms with Crippen LogP contribution < -0.4 is 15.7 Å². The van der Waals surface area contributed by atoms with E-state index in [2.05, 4.69) is 20.5 Å². The summed E-state index contributed by atoms with van der Waals surface area (Å²) in [6, 6.07) is 3.95. The zero-order chi connectivity index (χ0) is 18.4. The van der Waals surface area contributed by atoms with Crippen LogP contribution in [0.1, 0.15) is 25.1 Å². The van der Waals surface area contributed by atoms with Crippen molar-refractivity contribution in [3.8, 4) is 11.5 Å². The van der Waals surface area contributed by atoms with Gasteiger partial charge in [0.25, 0.3) is 5.56 Å². The van der Waals surface area contributed by atoms with Crippen molar-refractivity contribution >= 4 is 17.9 Å². The molecule has 0 aliphatic rings. The number of aromatic amines is 1. The minimum Gasteiger partial charge on any atom is -0.500 e.